The zero-order valence-electron chi connectivity index (χ0n) is 8.95. The van der Waals surface area contributed by atoms with E-state index in [1.54, 1.807) is 24.3 Å². The number of rotatable bonds is 2. The van der Waals surface area contributed by atoms with E-state index < -0.39 is 0 Å². The van der Waals surface area contributed by atoms with E-state index in [4.69, 9.17) is 11.6 Å². The number of carbonyl (C=O) groups is 1. The summed E-state index contributed by atoms with van der Waals surface area (Å²) in [5.74, 6) is -0.207. The van der Waals surface area contributed by atoms with Crippen molar-refractivity contribution in [3.8, 4) is 0 Å². The lowest BCUT2D eigenvalue weighted by atomic mass is 10.2. The molecule has 1 N–H and O–H groups in total. The van der Waals surface area contributed by atoms with Crippen molar-refractivity contribution >= 4 is 55.1 Å². The van der Waals surface area contributed by atoms with E-state index in [-0.39, 0.29) is 5.91 Å². The third kappa shape index (κ3) is 3.54. The number of halogens is 3. The summed E-state index contributed by atoms with van der Waals surface area (Å²) in [5, 5.41) is 3.13. The van der Waals surface area contributed by atoms with Gasteiger partial charge >= 0.3 is 0 Å². The Hall–Kier alpha value is -0.910. The Morgan fingerprint density at radius 3 is 2.39 bits per heavy atom. The number of hydrogen-bond acceptors (Lipinski definition) is 2. The molecule has 1 amide bonds. The highest BCUT2D eigenvalue weighted by Gasteiger charge is 2.08. The van der Waals surface area contributed by atoms with Crippen LogP contribution in [0.1, 0.15) is 10.4 Å². The summed E-state index contributed by atoms with van der Waals surface area (Å²) in [4.78, 5) is 15.9. The van der Waals surface area contributed by atoms with Gasteiger partial charge in [-0.3, -0.25) is 4.79 Å². The lowest BCUT2D eigenvalue weighted by Crippen LogP contribution is -2.12. The van der Waals surface area contributed by atoms with Gasteiger partial charge in [0, 0.05) is 14.5 Å². The molecule has 0 aliphatic carbocycles. The molecule has 0 aliphatic rings. The molecule has 0 saturated carbocycles. The molecule has 0 bridgehead atoms. The largest absolute Gasteiger partial charge is 0.321 e. The Morgan fingerprint density at radius 2 is 1.83 bits per heavy atom. The predicted molar refractivity (Wildman–Crippen MR) is 79.0 cm³/mol. The zero-order chi connectivity index (χ0) is 13.1. The van der Waals surface area contributed by atoms with E-state index in [0.29, 0.717) is 16.4 Å². The van der Waals surface area contributed by atoms with Crippen molar-refractivity contribution in [2.45, 2.75) is 0 Å². The Morgan fingerprint density at radius 1 is 1.17 bits per heavy atom. The van der Waals surface area contributed by atoms with Gasteiger partial charge in [0.1, 0.15) is 5.15 Å². The fraction of sp³-hybridized carbons (Fsp3) is 0. The van der Waals surface area contributed by atoms with Crippen LogP contribution in [-0.2, 0) is 0 Å². The molecule has 2 aromatic rings. The number of benzene rings is 1. The minimum absolute atomic E-state index is 0.207. The van der Waals surface area contributed by atoms with Gasteiger partial charge in [-0.05, 0) is 30.3 Å². The van der Waals surface area contributed by atoms with Crippen molar-refractivity contribution in [2.24, 2.45) is 0 Å². The van der Waals surface area contributed by atoms with Crippen molar-refractivity contribution in [1.29, 1.82) is 0 Å². The first-order valence-electron chi connectivity index (χ1n) is 4.93. The summed E-state index contributed by atoms with van der Waals surface area (Å²) in [5.41, 5.74) is 1.15. The minimum Gasteiger partial charge on any atom is -0.321 e. The molecule has 0 saturated heterocycles. The molecule has 0 aliphatic heterocycles. The first kappa shape index (κ1) is 13.5. The molecule has 92 valence electrons. The van der Waals surface area contributed by atoms with E-state index in [1.807, 2.05) is 6.07 Å². The van der Waals surface area contributed by atoms with Gasteiger partial charge in [0.25, 0.3) is 5.91 Å². The van der Waals surface area contributed by atoms with Crippen LogP contribution in [0.5, 0.6) is 0 Å². The van der Waals surface area contributed by atoms with Gasteiger partial charge in [0.2, 0.25) is 0 Å². The molecule has 0 atom stereocenters. The number of amides is 1. The average molecular weight is 390 g/mol. The number of anilines is 1. The highest BCUT2D eigenvalue weighted by atomic mass is 79.9. The summed E-state index contributed by atoms with van der Waals surface area (Å²) in [6, 6.07) is 8.65. The van der Waals surface area contributed by atoms with Crippen molar-refractivity contribution in [1.82, 2.24) is 4.98 Å². The highest BCUT2D eigenvalue weighted by Crippen LogP contribution is 2.21. The topological polar surface area (TPSA) is 42.0 Å². The second-order valence-corrected chi connectivity index (χ2v) is 5.70. The van der Waals surface area contributed by atoms with Gasteiger partial charge in [-0.2, -0.15) is 0 Å². The fourth-order valence-corrected chi connectivity index (χ4v) is 2.74. The maximum atomic E-state index is 12.0. The number of carbonyl (C=O) groups excluding carboxylic acids is 1. The maximum Gasteiger partial charge on any atom is 0.255 e. The van der Waals surface area contributed by atoms with Crippen LogP contribution in [0.15, 0.2) is 45.5 Å². The normalized spacial score (nSPS) is 10.2. The Kier molecular flexibility index (Phi) is 4.37. The molecule has 0 radical (unpaired) electrons. The van der Waals surface area contributed by atoms with Gasteiger partial charge in [-0.1, -0.05) is 43.5 Å². The monoisotopic (exact) mass is 388 g/mol. The summed E-state index contributed by atoms with van der Waals surface area (Å²) in [6.45, 7) is 0. The van der Waals surface area contributed by atoms with Crippen LogP contribution >= 0.6 is 43.5 Å². The molecule has 0 unspecified atom stereocenters. The van der Waals surface area contributed by atoms with Crippen LogP contribution in [0.25, 0.3) is 0 Å². The van der Waals surface area contributed by atoms with E-state index in [0.717, 1.165) is 8.95 Å². The SMILES string of the molecule is O=C(Nc1ccc(Cl)nc1)c1cc(Br)cc(Br)c1. The molecule has 0 fully saturated rings. The molecule has 18 heavy (non-hydrogen) atoms. The first-order chi connectivity index (χ1) is 8.54. The summed E-state index contributed by atoms with van der Waals surface area (Å²) in [7, 11) is 0. The molecule has 1 heterocycles. The number of nitrogens with one attached hydrogen (secondary N) is 1. The van der Waals surface area contributed by atoms with Crippen LogP contribution in [0.4, 0.5) is 5.69 Å². The van der Waals surface area contributed by atoms with E-state index in [9.17, 15) is 4.79 Å². The molecular formula is C12H7Br2ClN2O. The standard InChI is InChI=1S/C12H7Br2ClN2O/c13-8-3-7(4-9(14)5-8)12(18)17-10-1-2-11(15)16-6-10/h1-6H,(H,17,18). The van der Waals surface area contributed by atoms with Crippen LogP contribution in [0, 0.1) is 0 Å². The molecular weight excluding hydrogens is 383 g/mol. The van der Waals surface area contributed by atoms with Crippen molar-refractivity contribution in [3.63, 3.8) is 0 Å². The number of aromatic nitrogens is 1. The molecule has 3 nitrogen and oxygen atoms in total. The van der Waals surface area contributed by atoms with Gasteiger partial charge < -0.3 is 5.32 Å². The fourth-order valence-electron chi connectivity index (χ4n) is 1.34. The highest BCUT2D eigenvalue weighted by molar-refractivity contribution is 9.11. The van der Waals surface area contributed by atoms with Gasteiger partial charge in [-0.15, -0.1) is 0 Å². The number of pyridine rings is 1. The molecule has 2 rings (SSSR count). The summed E-state index contributed by atoms with van der Waals surface area (Å²) < 4.78 is 1.66. The lowest BCUT2D eigenvalue weighted by Gasteiger charge is -2.06. The van der Waals surface area contributed by atoms with Crippen molar-refractivity contribution < 1.29 is 4.79 Å². The van der Waals surface area contributed by atoms with Gasteiger partial charge in [0.15, 0.2) is 0 Å². The molecule has 6 heteroatoms. The van der Waals surface area contributed by atoms with Gasteiger partial charge in [-0.25, -0.2) is 4.98 Å². The van der Waals surface area contributed by atoms with Crippen LogP contribution < -0.4 is 5.32 Å². The quantitative estimate of drug-likeness (QED) is 0.767. The number of hydrogen-bond donors (Lipinski definition) is 1. The summed E-state index contributed by atoms with van der Waals surface area (Å²) in [6.07, 6.45) is 1.51. The molecule has 0 spiro atoms. The van der Waals surface area contributed by atoms with E-state index >= 15 is 0 Å². The zero-order valence-corrected chi connectivity index (χ0v) is 12.9. The Bertz CT molecular complexity index is 567. The molecule has 1 aromatic heterocycles. The molecule has 1 aromatic carbocycles. The Labute approximate surface area is 126 Å². The van der Waals surface area contributed by atoms with Crippen LogP contribution in [0.3, 0.4) is 0 Å². The number of nitrogens with zero attached hydrogens (tertiary/aromatic N) is 1. The lowest BCUT2D eigenvalue weighted by molar-refractivity contribution is 0.102. The Balaban J connectivity index is 2.19. The summed E-state index contributed by atoms with van der Waals surface area (Å²) >= 11 is 12.3. The second-order valence-electron chi connectivity index (χ2n) is 3.48. The smallest absolute Gasteiger partial charge is 0.255 e. The van der Waals surface area contributed by atoms with E-state index in [1.165, 1.54) is 6.20 Å². The first-order valence-corrected chi connectivity index (χ1v) is 6.90. The maximum absolute atomic E-state index is 12.0. The third-order valence-electron chi connectivity index (χ3n) is 2.11. The van der Waals surface area contributed by atoms with Crippen LogP contribution in [-0.4, -0.2) is 10.9 Å². The average Bonchev–Trinajstić information content (AvgIpc) is 2.31. The van der Waals surface area contributed by atoms with E-state index in [2.05, 4.69) is 42.2 Å². The van der Waals surface area contributed by atoms with Crippen LogP contribution in [0.2, 0.25) is 5.15 Å². The minimum atomic E-state index is -0.207. The van der Waals surface area contributed by atoms with Gasteiger partial charge in [0.05, 0.1) is 11.9 Å². The third-order valence-corrected chi connectivity index (χ3v) is 3.25. The van der Waals surface area contributed by atoms with Crippen molar-refractivity contribution in [3.05, 3.63) is 56.2 Å². The predicted octanol–water partition coefficient (Wildman–Crippen LogP) is 4.51. The van der Waals surface area contributed by atoms with Crippen molar-refractivity contribution in [2.75, 3.05) is 5.32 Å². The second kappa shape index (κ2) is 5.82.